The van der Waals surface area contributed by atoms with Crippen molar-refractivity contribution in [3.8, 4) is 0 Å². The Bertz CT molecular complexity index is 823. The van der Waals surface area contributed by atoms with Crippen LogP contribution in [0.4, 0.5) is 10.3 Å². The van der Waals surface area contributed by atoms with Crippen molar-refractivity contribution < 1.29 is 22.3 Å². The number of ether oxygens (including phenoxy) is 2. The van der Waals surface area contributed by atoms with Crippen LogP contribution in [0, 0.1) is 5.82 Å². The zero-order chi connectivity index (χ0) is 20.0. The van der Waals surface area contributed by atoms with Crippen LogP contribution in [0.2, 0.25) is 0 Å². The third-order valence-electron chi connectivity index (χ3n) is 4.16. The predicted octanol–water partition coefficient (Wildman–Crippen LogP) is 0.975. The molecular formula is C15H23FN6O4S. The van der Waals surface area contributed by atoms with E-state index in [0.29, 0.717) is 0 Å². The molecule has 0 bridgehead atoms. The number of methoxy groups -OCH3 is 2. The molecule has 12 heteroatoms. The van der Waals surface area contributed by atoms with Gasteiger partial charge in [-0.25, -0.2) is 22.8 Å². The average Bonchev–Trinajstić information content (AvgIpc) is 3.08. The summed E-state index contributed by atoms with van der Waals surface area (Å²) in [5, 5.41) is 6.71. The summed E-state index contributed by atoms with van der Waals surface area (Å²) in [6, 6.07) is -0.305. The van der Waals surface area contributed by atoms with E-state index in [0.717, 1.165) is 12.4 Å². The molecule has 0 aliphatic carbocycles. The zero-order valence-corrected chi connectivity index (χ0v) is 16.4. The molecule has 10 nitrogen and oxygen atoms in total. The molecule has 2 heterocycles. The highest BCUT2D eigenvalue weighted by atomic mass is 32.2. The van der Waals surface area contributed by atoms with Crippen molar-refractivity contribution in [2.75, 3.05) is 32.2 Å². The van der Waals surface area contributed by atoms with Crippen LogP contribution < -0.4 is 4.72 Å². The van der Waals surface area contributed by atoms with E-state index in [4.69, 9.17) is 9.47 Å². The summed E-state index contributed by atoms with van der Waals surface area (Å²) < 4.78 is 52.8. The molecule has 0 saturated heterocycles. The Hall–Kier alpha value is -2.18. The van der Waals surface area contributed by atoms with E-state index in [1.807, 2.05) is 0 Å². The van der Waals surface area contributed by atoms with Gasteiger partial charge in [-0.15, -0.1) is 10.2 Å². The van der Waals surface area contributed by atoms with Gasteiger partial charge in [0.1, 0.15) is 12.2 Å². The number of nitrogens with one attached hydrogen (secondary N) is 1. The molecule has 2 rings (SSSR count). The maximum absolute atomic E-state index is 13.0. The summed E-state index contributed by atoms with van der Waals surface area (Å²) in [6.07, 6.45) is 3.41. The van der Waals surface area contributed by atoms with Gasteiger partial charge in [-0.05, 0) is 6.92 Å². The number of aromatic nitrogens is 5. The Kier molecular flexibility index (Phi) is 7.16. The fourth-order valence-corrected chi connectivity index (χ4v) is 3.68. The molecule has 150 valence electrons. The molecule has 0 unspecified atom stereocenters. The normalized spacial score (nSPS) is 14.3. The van der Waals surface area contributed by atoms with Gasteiger partial charge in [-0.3, -0.25) is 9.29 Å². The molecular weight excluding hydrogens is 379 g/mol. The Labute approximate surface area is 157 Å². The summed E-state index contributed by atoms with van der Waals surface area (Å²) in [7, 11) is -0.793. The second-order valence-electron chi connectivity index (χ2n) is 6.03. The van der Waals surface area contributed by atoms with Gasteiger partial charge in [-0.1, -0.05) is 6.92 Å². The second kappa shape index (κ2) is 9.15. The van der Waals surface area contributed by atoms with E-state index < -0.39 is 27.0 Å². The molecule has 0 radical (unpaired) electrons. The fourth-order valence-electron chi connectivity index (χ4n) is 2.43. The first kappa shape index (κ1) is 21.1. The Morgan fingerprint density at radius 1 is 1.19 bits per heavy atom. The molecule has 1 N–H and O–H groups in total. The number of halogens is 1. The minimum absolute atomic E-state index is 0.0492. The van der Waals surface area contributed by atoms with Gasteiger partial charge in [0.15, 0.2) is 5.82 Å². The van der Waals surface area contributed by atoms with E-state index in [1.54, 1.807) is 6.92 Å². The van der Waals surface area contributed by atoms with Crippen molar-refractivity contribution in [1.82, 2.24) is 24.7 Å². The largest absolute Gasteiger partial charge is 0.382 e. The predicted molar refractivity (Wildman–Crippen MR) is 95.2 cm³/mol. The van der Waals surface area contributed by atoms with Gasteiger partial charge in [-0.2, -0.15) is 0 Å². The SMILES string of the molecule is COCC(COC)n1cnnc1NS(=O)(=O)[C@@H](C)[C@H](C)c1ncc(F)cn1. The van der Waals surface area contributed by atoms with Crippen molar-refractivity contribution in [2.45, 2.75) is 31.1 Å². The van der Waals surface area contributed by atoms with Gasteiger partial charge >= 0.3 is 0 Å². The lowest BCUT2D eigenvalue weighted by molar-refractivity contribution is 0.0902. The first-order valence-corrected chi connectivity index (χ1v) is 9.71. The molecule has 0 aromatic carbocycles. The quantitative estimate of drug-likeness (QED) is 0.624. The zero-order valence-electron chi connectivity index (χ0n) is 15.5. The van der Waals surface area contributed by atoms with E-state index in [-0.39, 0.29) is 31.0 Å². The van der Waals surface area contributed by atoms with Gasteiger partial charge in [0.2, 0.25) is 16.0 Å². The minimum atomic E-state index is -3.86. The Balaban J connectivity index is 2.20. The van der Waals surface area contributed by atoms with E-state index >= 15 is 0 Å². The summed E-state index contributed by atoms with van der Waals surface area (Å²) in [4.78, 5) is 7.72. The van der Waals surface area contributed by atoms with Crippen molar-refractivity contribution in [3.05, 3.63) is 30.4 Å². The molecule has 2 aromatic rings. The molecule has 0 fully saturated rings. The number of rotatable bonds is 10. The monoisotopic (exact) mass is 402 g/mol. The van der Waals surface area contributed by atoms with Gasteiger partial charge in [0, 0.05) is 20.1 Å². The first-order chi connectivity index (χ1) is 12.8. The Morgan fingerprint density at radius 3 is 2.33 bits per heavy atom. The van der Waals surface area contributed by atoms with Crippen molar-refractivity contribution in [2.24, 2.45) is 0 Å². The number of anilines is 1. The summed E-state index contributed by atoms with van der Waals surface area (Å²) in [5.74, 6) is -0.885. The number of hydrogen-bond acceptors (Lipinski definition) is 8. The summed E-state index contributed by atoms with van der Waals surface area (Å²) in [6.45, 7) is 3.74. The van der Waals surface area contributed by atoms with Crippen LogP contribution in [0.25, 0.3) is 0 Å². The molecule has 2 aromatic heterocycles. The van der Waals surface area contributed by atoms with Crippen LogP contribution in [-0.2, 0) is 19.5 Å². The lowest BCUT2D eigenvalue weighted by Crippen LogP contribution is -2.32. The topological polar surface area (TPSA) is 121 Å². The molecule has 2 atom stereocenters. The lowest BCUT2D eigenvalue weighted by Gasteiger charge is -2.22. The molecule has 0 amide bonds. The summed E-state index contributed by atoms with van der Waals surface area (Å²) in [5.41, 5.74) is 0. The van der Waals surface area contributed by atoms with Crippen molar-refractivity contribution in [3.63, 3.8) is 0 Å². The highest BCUT2D eigenvalue weighted by Gasteiger charge is 2.31. The molecule has 0 aliphatic heterocycles. The maximum Gasteiger partial charge on any atom is 0.238 e. The fraction of sp³-hybridized carbons (Fsp3) is 0.600. The third kappa shape index (κ3) is 5.17. The Morgan fingerprint density at radius 2 is 1.78 bits per heavy atom. The van der Waals surface area contributed by atoms with E-state index in [2.05, 4.69) is 24.9 Å². The molecule has 0 aliphatic rings. The van der Waals surface area contributed by atoms with Crippen LogP contribution in [0.1, 0.15) is 31.6 Å². The third-order valence-corrected chi connectivity index (χ3v) is 6.01. The molecule has 0 saturated carbocycles. The second-order valence-corrected chi connectivity index (χ2v) is 8.06. The molecule has 27 heavy (non-hydrogen) atoms. The van der Waals surface area contributed by atoms with Crippen molar-refractivity contribution in [1.29, 1.82) is 0 Å². The first-order valence-electron chi connectivity index (χ1n) is 8.16. The van der Waals surface area contributed by atoms with Crippen LogP contribution in [0.5, 0.6) is 0 Å². The number of nitrogens with zero attached hydrogens (tertiary/aromatic N) is 5. The highest BCUT2D eigenvalue weighted by Crippen LogP contribution is 2.23. The average molecular weight is 402 g/mol. The maximum atomic E-state index is 13.0. The number of sulfonamides is 1. The molecule has 0 spiro atoms. The van der Waals surface area contributed by atoms with Crippen molar-refractivity contribution >= 4 is 16.0 Å². The van der Waals surface area contributed by atoms with Gasteiger partial charge in [0.25, 0.3) is 0 Å². The van der Waals surface area contributed by atoms with Gasteiger partial charge < -0.3 is 9.47 Å². The van der Waals surface area contributed by atoms with E-state index in [1.165, 1.54) is 32.0 Å². The van der Waals surface area contributed by atoms with Crippen LogP contribution >= 0.6 is 0 Å². The summed E-state index contributed by atoms with van der Waals surface area (Å²) >= 11 is 0. The number of hydrogen-bond donors (Lipinski definition) is 1. The minimum Gasteiger partial charge on any atom is -0.382 e. The van der Waals surface area contributed by atoms with Crippen LogP contribution in [0.3, 0.4) is 0 Å². The highest BCUT2D eigenvalue weighted by molar-refractivity contribution is 7.93. The van der Waals surface area contributed by atoms with Gasteiger partial charge in [0.05, 0.1) is 36.9 Å². The lowest BCUT2D eigenvalue weighted by atomic mass is 10.1. The van der Waals surface area contributed by atoms with E-state index in [9.17, 15) is 12.8 Å². The van der Waals surface area contributed by atoms with Crippen LogP contribution in [0.15, 0.2) is 18.7 Å². The smallest absolute Gasteiger partial charge is 0.238 e. The van der Waals surface area contributed by atoms with Crippen LogP contribution in [-0.4, -0.2) is 65.8 Å². The standard InChI is InChI=1S/C15H23FN6O4S/c1-10(14-17-5-12(16)6-18-14)11(2)27(23,24)21-15-20-19-9-22(15)13(7-25-3)8-26-4/h5-6,9-11,13H,7-8H2,1-4H3,(H,20,21)/t10-,11-/m0/s1.